The first-order valence-corrected chi connectivity index (χ1v) is 12.0. The number of nitrogens with zero attached hydrogens (tertiary/aromatic N) is 2. The van der Waals surface area contributed by atoms with Gasteiger partial charge in [-0.1, -0.05) is 0 Å². The zero-order valence-corrected chi connectivity index (χ0v) is 18.7. The minimum absolute atomic E-state index is 0.149. The van der Waals surface area contributed by atoms with Gasteiger partial charge in [0.15, 0.2) is 6.04 Å². The molecule has 2 aliphatic heterocycles. The monoisotopic (exact) mass is 424 g/mol. The normalized spacial score (nSPS) is 25.6. The lowest BCUT2D eigenvalue weighted by molar-refractivity contribution is -0.918. The van der Waals surface area contributed by atoms with Gasteiger partial charge in [-0.2, -0.15) is 4.31 Å². The highest BCUT2D eigenvalue weighted by molar-refractivity contribution is 7.89. The summed E-state index contributed by atoms with van der Waals surface area (Å²) in [6.07, 6.45) is 3.30. The predicted octanol–water partition coefficient (Wildman–Crippen LogP) is 0.762. The van der Waals surface area contributed by atoms with E-state index < -0.39 is 10.0 Å². The molecule has 1 aromatic rings. The highest BCUT2D eigenvalue weighted by atomic mass is 32.2. The van der Waals surface area contributed by atoms with Crippen LogP contribution >= 0.6 is 0 Å². The average Bonchev–Trinajstić information content (AvgIpc) is 2.73. The number of carbonyl (C=O) groups is 1. The summed E-state index contributed by atoms with van der Waals surface area (Å²) in [5, 5.41) is 0. The molecule has 0 aliphatic carbocycles. The van der Waals surface area contributed by atoms with Gasteiger partial charge in [-0.3, -0.25) is 4.79 Å². The molecular formula is C21H34N3O4S+. The third-order valence-corrected chi connectivity index (χ3v) is 8.41. The van der Waals surface area contributed by atoms with Crippen molar-refractivity contribution in [2.24, 2.45) is 0 Å². The van der Waals surface area contributed by atoms with Crippen LogP contribution in [0.25, 0.3) is 0 Å². The van der Waals surface area contributed by atoms with Crippen LogP contribution in [0.3, 0.4) is 0 Å². The number of likely N-dealkylation sites (tertiary alicyclic amines) is 1. The van der Waals surface area contributed by atoms with Gasteiger partial charge in [-0.05, 0) is 64.3 Å². The second kappa shape index (κ2) is 9.02. The summed E-state index contributed by atoms with van der Waals surface area (Å²) in [6, 6.07) is 6.90. The van der Waals surface area contributed by atoms with E-state index in [1.54, 1.807) is 31.4 Å². The van der Waals surface area contributed by atoms with E-state index in [4.69, 9.17) is 4.74 Å². The van der Waals surface area contributed by atoms with Crippen LogP contribution in [0.4, 0.5) is 0 Å². The van der Waals surface area contributed by atoms with Gasteiger partial charge in [-0.15, -0.1) is 0 Å². The van der Waals surface area contributed by atoms with E-state index >= 15 is 0 Å². The van der Waals surface area contributed by atoms with Crippen molar-refractivity contribution in [1.29, 1.82) is 0 Å². The Labute approximate surface area is 174 Å². The number of benzene rings is 1. The number of amides is 1. The lowest BCUT2D eigenvalue weighted by Crippen LogP contribution is -3.19. The number of hydrogen-bond acceptors (Lipinski definition) is 4. The van der Waals surface area contributed by atoms with Crippen LogP contribution in [-0.4, -0.2) is 74.9 Å². The Balaban J connectivity index is 1.62. The molecule has 1 amide bonds. The molecule has 0 bridgehead atoms. The van der Waals surface area contributed by atoms with E-state index in [1.165, 1.54) is 15.6 Å². The van der Waals surface area contributed by atoms with Gasteiger partial charge in [0, 0.05) is 12.1 Å². The van der Waals surface area contributed by atoms with E-state index in [-0.39, 0.29) is 28.9 Å². The van der Waals surface area contributed by atoms with Crippen molar-refractivity contribution in [3.8, 4) is 5.75 Å². The van der Waals surface area contributed by atoms with Crippen LogP contribution in [0.1, 0.15) is 40.0 Å². The van der Waals surface area contributed by atoms with Crippen LogP contribution in [0.5, 0.6) is 5.75 Å². The number of piperazine rings is 1. The largest absolute Gasteiger partial charge is 0.497 e. The smallest absolute Gasteiger partial charge is 0.281 e. The second-order valence-corrected chi connectivity index (χ2v) is 10.3. The number of rotatable bonds is 5. The quantitative estimate of drug-likeness (QED) is 0.758. The predicted molar refractivity (Wildman–Crippen MR) is 112 cm³/mol. The van der Waals surface area contributed by atoms with Crippen molar-refractivity contribution in [3.63, 3.8) is 0 Å². The maximum absolute atomic E-state index is 13.1. The topological polar surface area (TPSA) is 71.4 Å². The summed E-state index contributed by atoms with van der Waals surface area (Å²) >= 11 is 0. The maximum atomic E-state index is 13.1. The van der Waals surface area contributed by atoms with Gasteiger partial charge >= 0.3 is 0 Å². The molecule has 2 heterocycles. The molecule has 162 valence electrons. The standard InChI is InChI=1S/C21H33N3O4S/c1-16-6-5-7-17(2)24(16)21(25)18(3)22-12-14-23(15-13-22)29(26,27)20-10-8-19(28-4)9-11-20/h8-11,16-18H,5-7,12-15H2,1-4H3/p+1/t16-,17-,18+/m0/s1. The molecule has 0 aromatic heterocycles. The van der Waals surface area contributed by atoms with E-state index in [2.05, 4.69) is 18.7 Å². The lowest BCUT2D eigenvalue weighted by Gasteiger charge is -2.42. The van der Waals surface area contributed by atoms with Crippen molar-refractivity contribution in [2.45, 2.75) is 63.1 Å². The van der Waals surface area contributed by atoms with Crippen molar-refractivity contribution in [3.05, 3.63) is 24.3 Å². The van der Waals surface area contributed by atoms with E-state index in [1.807, 2.05) is 6.92 Å². The number of carbonyl (C=O) groups excluding carboxylic acids is 1. The molecule has 2 fully saturated rings. The average molecular weight is 425 g/mol. The number of piperidine rings is 1. The summed E-state index contributed by atoms with van der Waals surface area (Å²) in [5.74, 6) is 0.831. The van der Waals surface area contributed by atoms with Crippen molar-refractivity contribution in [2.75, 3.05) is 33.3 Å². The first-order chi connectivity index (χ1) is 13.8. The Morgan fingerprint density at radius 1 is 1.10 bits per heavy atom. The Hall–Kier alpha value is -1.64. The number of methoxy groups -OCH3 is 1. The molecule has 3 rings (SSSR count). The SMILES string of the molecule is COc1ccc(S(=O)(=O)N2CC[NH+]([C@H](C)C(=O)N3[C@@H](C)CCC[C@@H]3C)CC2)cc1. The van der Waals surface area contributed by atoms with Crippen LogP contribution < -0.4 is 9.64 Å². The highest BCUT2D eigenvalue weighted by Gasteiger charge is 2.39. The minimum Gasteiger partial charge on any atom is -0.497 e. The van der Waals surface area contributed by atoms with Crippen molar-refractivity contribution < 1.29 is 22.8 Å². The fourth-order valence-corrected chi connectivity index (χ4v) is 6.04. The molecule has 29 heavy (non-hydrogen) atoms. The molecule has 7 nitrogen and oxygen atoms in total. The number of nitrogens with one attached hydrogen (secondary N) is 1. The first-order valence-electron chi connectivity index (χ1n) is 10.6. The molecule has 3 atom stereocenters. The van der Waals surface area contributed by atoms with Crippen LogP contribution in [-0.2, 0) is 14.8 Å². The second-order valence-electron chi connectivity index (χ2n) is 8.33. The molecule has 0 spiro atoms. The van der Waals surface area contributed by atoms with Gasteiger partial charge in [0.05, 0.1) is 38.2 Å². The Kier molecular flexibility index (Phi) is 6.86. The fraction of sp³-hybridized carbons (Fsp3) is 0.667. The molecule has 0 unspecified atom stereocenters. The lowest BCUT2D eigenvalue weighted by atomic mass is 9.96. The molecule has 1 aromatic carbocycles. The van der Waals surface area contributed by atoms with Crippen LogP contribution in [0, 0.1) is 0 Å². The zero-order chi connectivity index (χ0) is 21.2. The van der Waals surface area contributed by atoms with Gasteiger partial charge in [0.1, 0.15) is 5.75 Å². The van der Waals surface area contributed by atoms with E-state index in [0.29, 0.717) is 31.9 Å². The molecular weight excluding hydrogens is 390 g/mol. The Morgan fingerprint density at radius 3 is 2.17 bits per heavy atom. The summed E-state index contributed by atoms with van der Waals surface area (Å²) in [4.78, 5) is 16.6. The molecule has 0 saturated carbocycles. The van der Waals surface area contributed by atoms with Crippen molar-refractivity contribution in [1.82, 2.24) is 9.21 Å². The fourth-order valence-electron chi connectivity index (χ4n) is 4.60. The molecule has 0 radical (unpaired) electrons. The minimum atomic E-state index is -3.53. The Morgan fingerprint density at radius 2 is 1.66 bits per heavy atom. The first kappa shape index (κ1) is 22.1. The van der Waals surface area contributed by atoms with Crippen molar-refractivity contribution >= 4 is 15.9 Å². The third kappa shape index (κ3) is 4.59. The summed E-state index contributed by atoms with van der Waals surface area (Å²) < 4.78 is 32.5. The molecule has 1 N–H and O–H groups in total. The number of hydrogen-bond donors (Lipinski definition) is 1. The summed E-state index contributed by atoms with van der Waals surface area (Å²) in [7, 11) is -1.97. The Bertz CT molecular complexity index is 794. The molecule has 2 aliphatic rings. The molecule has 2 saturated heterocycles. The van der Waals surface area contributed by atoms with Gasteiger partial charge < -0.3 is 14.5 Å². The zero-order valence-electron chi connectivity index (χ0n) is 17.9. The summed E-state index contributed by atoms with van der Waals surface area (Å²) in [5.41, 5.74) is 0. The van der Waals surface area contributed by atoms with Gasteiger partial charge in [-0.25, -0.2) is 8.42 Å². The van der Waals surface area contributed by atoms with Gasteiger partial charge in [0.25, 0.3) is 5.91 Å². The highest BCUT2D eigenvalue weighted by Crippen LogP contribution is 2.23. The maximum Gasteiger partial charge on any atom is 0.281 e. The van der Waals surface area contributed by atoms with Gasteiger partial charge in [0.2, 0.25) is 10.0 Å². The summed E-state index contributed by atoms with van der Waals surface area (Å²) in [6.45, 7) is 8.37. The number of quaternary nitrogens is 1. The molecule has 8 heteroatoms. The van der Waals surface area contributed by atoms with E-state index in [0.717, 1.165) is 12.8 Å². The number of ether oxygens (including phenoxy) is 1. The number of sulfonamides is 1. The van der Waals surface area contributed by atoms with E-state index in [9.17, 15) is 13.2 Å². The van der Waals surface area contributed by atoms with Crippen LogP contribution in [0.15, 0.2) is 29.2 Å². The third-order valence-electron chi connectivity index (χ3n) is 6.49. The van der Waals surface area contributed by atoms with Crippen LogP contribution in [0.2, 0.25) is 0 Å².